The Morgan fingerprint density at radius 3 is 2.00 bits per heavy atom. The quantitative estimate of drug-likeness (QED) is 0.589. The summed E-state index contributed by atoms with van der Waals surface area (Å²) in [5.41, 5.74) is 1.67. The van der Waals surface area contributed by atoms with E-state index in [9.17, 15) is 22.0 Å². The van der Waals surface area contributed by atoms with E-state index in [1.807, 2.05) is 0 Å². The zero-order chi connectivity index (χ0) is 12.7. The third kappa shape index (κ3) is 1.83. The molecule has 6 heteroatoms. The minimum absolute atomic E-state index is 0.202. The van der Waals surface area contributed by atoms with Gasteiger partial charge in [-0.1, -0.05) is 6.92 Å². The van der Waals surface area contributed by atoms with Gasteiger partial charge in [-0.05, 0) is 18.9 Å². The molecule has 0 saturated carbocycles. The summed E-state index contributed by atoms with van der Waals surface area (Å²) in [6.45, 7) is 2.29. The first-order chi connectivity index (χ1) is 7.21. The second-order valence-corrected chi connectivity index (χ2v) is 3.37. The van der Waals surface area contributed by atoms with Gasteiger partial charge in [-0.2, -0.15) is 13.2 Å². The lowest BCUT2D eigenvalue weighted by atomic mass is 9.97. The lowest BCUT2D eigenvalue weighted by Crippen LogP contribution is -2.16. The Bertz CT molecular complexity index is 422. The highest BCUT2D eigenvalue weighted by molar-refractivity contribution is 5.53. The van der Waals surface area contributed by atoms with Crippen LogP contribution in [0.25, 0.3) is 0 Å². The summed E-state index contributed by atoms with van der Waals surface area (Å²) in [7, 11) is 0. The molecule has 0 aliphatic rings. The van der Waals surface area contributed by atoms with E-state index in [4.69, 9.17) is 5.73 Å². The monoisotopic (exact) mass is 239 g/mol. The zero-order valence-corrected chi connectivity index (χ0v) is 8.67. The van der Waals surface area contributed by atoms with Crippen molar-refractivity contribution in [3.8, 4) is 0 Å². The van der Waals surface area contributed by atoms with Crippen molar-refractivity contribution in [2.24, 2.45) is 0 Å². The molecule has 1 aromatic carbocycles. The molecule has 0 radical (unpaired) electrons. The first-order valence-corrected chi connectivity index (χ1v) is 4.54. The number of halogens is 5. The van der Waals surface area contributed by atoms with Crippen LogP contribution in [0.3, 0.4) is 0 Å². The smallest absolute Gasteiger partial charge is 0.394 e. The second kappa shape index (κ2) is 3.92. The Kier molecular flexibility index (Phi) is 3.12. The molecular weight excluding hydrogens is 229 g/mol. The third-order valence-corrected chi connectivity index (χ3v) is 2.38. The van der Waals surface area contributed by atoms with Crippen LogP contribution in [0.4, 0.5) is 27.6 Å². The van der Waals surface area contributed by atoms with Crippen molar-refractivity contribution in [1.82, 2.24) is 0 Å². The van der Waals surface area contributed by atoms with Crippen LogP contribution in [0.15, 0.2) is 0 Å². The van der Waals surface area contributed by atoms with Crippen molar-refractivity contribution in [3.05, 3.63) is 28.3 Å². The number of benzene rings is 1. The number of nitrogen functional groups attached to an aromatic ring is 1. The van der Waals surface area contributed by atoms with E-state index in [1.165, 1.54) is 6.92 Å². The summed E-state index contributed by atoms with van der Waals surface area (Å²) in [6.07, 6.45) is -4.99. The van der Waals surface area contributed by atoms with Crippen molar-refractivity contribution in [2.45, 2.75) is 26.4 Å². The predicted octanol–water partition coefficient (Wildman–Crippen LogP) is 3.44. The lowest BCUT2D eigenvalue weighted by molar-refractivity contribution is -0.139. The van der Waals surface area contributed by atoms with Crippen LogP contribution in [0, 0.1) is 18.6 Å². The molecule has 0 spiro atoms. The standard InChI is InChI=1S/C10H10F5N/c1-3-5-6(10(13,14)15)4(2)7(11)9(16)8(5)12/h3,16H2,1-2H3. The molecule has 1 nitrogen and oxygen atoms in total. The molecule has 1 rings (SSSR count). The normalized spacial score (nSPS) is 11.9. The predicted molar refractivity (Wildman–Crippen MR) is 49.9 cm³/mol. The maximum atomic E-state index is 13.4. The summed E-state index contributed by atoms with van der Waals surface area (Å²) in [5.74, 6) is -2.67. The largest absolute Gasteiger partial charge is 0.417 e. The zero-order valence-electron chi connectivity index (χ0n) is 8.67. The minimum atomic E-state index is -4.79. The SMILES string of the molecule is CCc1c(F)c(N)c(F)c(C)c1C(F)(F)F. The van der Waals surface area contributed by atoms with E-state index in [0.29, 0.717) is 0 Å². The van der Waals surface area contributed by atoms with Crippen molar-refractivity contribution < 1.29 is 22.0 Å². The molecule has 1 aromatic rings. The number of rotatable bonds is 1. The first kappa shape index (κ1) is 12.7. The van der Waals surface area contributed by atoms with Gasteiger partial charge in [0.15, 0.2) is 11.6 Å². The summed E-state index contributed by atoms with van der Waals surface area (Å²) in [4.78, 5) is 0. The Morgan fingerprint density at radius 1 is 1.12 bits per heavy atom. The number of anilines is 1. The average Bonchev–Trinajstić information content (AvgIpc) is 2.18. The van der Waals surface area contributed by atoms with Gasteiger partial charge in [-0.3, -0.25) is 0 Å². The van der Waals surface area contributed by atoms with E-state index < -0.39 is 40.2 Å². The van der Waals surface area contributed by atoms with Crippen molar-refractivity contribution in [1.29, 1.82) is 0 Å². The number of hydrogen-bond donors (Lipinski definition) is 1. The highest BCUT2D eigenvalue weighted by Crippen LogP contribution is 2.39. The van der Waals surface area contributed by atoms with Crippen molar-refractivity contribution in [2.75, 3.05) is 5.73 Å². The fourth-order valence-corrected chi connectivity index (χ4v) is 1.62. The fraction of sp³-hybridized carbons (Fsp3) is 0.400. The second-order valence-electron chi connectivity index (χ2n) is 3.37. The first-order valence-electron chi connectivity index (χ1n) is 4.54. The number of alkyl halides is 3. The highest BCUT2D eigenvalue weighted by atomic mass is 19.4. The van der Waals surface area contributed by atoms with Gasteiger partial charge >= 0.3 is 6.18 Å². The molecule has 0 atom stereocenters. The van der Waals surface area contributed by atoms with Crippen LogP contribution < -0.4 is 5.73 Å². The van der Waals surface area contributed by atoms with Gasteiger partial charge in [0.05, 0.1) is 5.56 Å². The van der Waals surface area contributed by atoms with Crippen LogP contribution >= 0.6 is 0 Å². The lowest BCUT2D eigenvalue weighted by Gasteiger charge is -2.17. The molecule has 0 aromatic heterocycles. The van der Waals surface area contributed by atoms with Crippen LogP contribution in [0.2, 0.25) is 0 Å². The molecule has 0 amide bonds. The molecular formula is C10H10F5N. The number of hydrogen-bond acceptors (Lipinski definition) is 1. The summed E-state index contributed by atoms with van der Waals surface area (Å²) >= 11 is 0. The minimum Gasteiger partial charge on any atom is -0.394 e. The highest BCUT2D eigenvalue weighted by Gasteiger charge is 2.38. The summed E-state index contributed by atoms with van der Waals surface area (Å²) in [6, 6.07) is 0. The number of nitrogens with two attached hydrogens (primary N) is 1. The van der Waals surface area contributed by atoms with Crippen LogP contribution in [-0.2, 0) is 12.6 Å². The molecule has 0 fully saturated rings. The van der Waals surface area contributed by atoms with Crippen LogP contribution in [-0.4, -0.2) is 0 Å². The Balaban J connectivity index is 3.72. The van der Waals surface area contributed by atoms with E-state index in [0.717, 1.165) is 6.92 Å². The summed E-state index contributed by atoms with van der Waals surface area (Å²) in [5, 5.41) is 0. The van der Waals surface area contributed by atoms with Gasteiger partial charge in [0.25, 0.3) is 0 Å². The van der Waals surface area contributed by atoms with E-state index >= 15 is 0 Å². The van der Waals surface area contributed by atoms with Crippen molar-refractivity contribution >= 4 is 5.69 Å². The van der Waals surface area contributed by atoms with E-state index in [-0.39, 0.29) is 6.42 Å². The average molecular weight is 239 g/mol. The van der Waals surface area contributed by atoms with E-state index in [1.54, 1.807) is 0 Å². The van der Waals surface area contributed by atoms with Crippen LogP contribution in [0.5, 0.6) is 0 Å². The molecule has 2 N–H and O–H groups in total. The maximum absolute atomic E-state index is 13.4. The molecule has 0 saturated heterocycles. The molecule has 0 unspecified atom stereocenters. The molecule has 0 bridgehead atoms. The molecule has 90 valence electrons. The molecule has 0 aliphatic carbocycles. The molecule has 0 aliphatic heterocycles. The van der Waals surface area contributed by atoms with Gasteiger partial charge in [0.1, 0.15) is 5.69 Å². The molecule has 16 heavy (non-hydrogen) atoms. The Hall–Kier alpha value is -1.33. The third-order valence-electron chi connectivity index (χ3n) is 2.38. The Labute approximate surface area is 89.1 Å². The van der Waals surface area contributed by atoms with Gasteiger partial charge in [0, 0.05) is 5.56 Å². The summed E-state index contributed by atoms with van der Waals surface area (Å²) < 4.78 is 64.4. The van der Waals surface area contributed by atoms with Gasteiger partial charge in [-0.15, -0.1) is 0 Å². The maximum Gasteiger partial charge on any atom is 0.417 e. The van der Waals surface area contributed by atoms with E-state index in [2.05, 4.69) is 0 Å². The van der Waals surface area contributed by atoms with Gasteiger partial charge in [0.2, 0.25) is 0 Å². The van der Waals surface area contributed by atoms with Gasteiger partial charge in [-0.25, -0.2) is 8.78 Å². The fourth-order valence-electron chi connectivity index (χ4n) is 1.62. The van der Waals surface area contributed by atoms with Crippen molar-refractivity contribution in [3.63, 3.8) is 0 Å². The Morgan fingerprint density at radius 2 is 1.62 bits per heavy atom. The van der Waals surface area contributed by atoms with Crippen LogP contribution in [0.1, 0.15) is 23.6 Å². The molecule has 0 heterocycles. The topological polar surface area (TPSA) is 26.0 Å². The van der Waals surface area contributed by atoms with Gasteiger partial charge < -0.3 is 5.73 Å².